The number of nitrogens with zero attached hydrogens (tertiary/aromatic N) is 1. The molecular weight excluding hydrogens is 326 g/mol. The minimum Gasteiger partial charge on any atom is -0.496 e. The Labute approximate surface area is 154 Å². The normalized spacial score (nSPS) is 29.0. The van der Waals surface area contributed by atoms with E-state index in [2.05, 4.69) is 25.1 Å². The number of amides is 1. The number of carbonyl (C=O) groups excluding carboxylic acids is 1. The molecule has 0 saturated carbocycles. The quantitative estimate of drug-likeness (QED) is 0.773. The standard InChI is InChI=1S/C22H25NO3/c1-2-3-6-10-23-18-8-5-4-7-16(18)22(21(23)24)14-26-20-13-19-15(9-11-25-19)12-17(20)22/h4-5,7-8,12,19H,2-3,6,9-11,13-14H2,1H3/t19?,22-/m1/s1. The molecule has 0 radical (unpaired) electrons. The van der Waals surface area contributed by atoms with E-state index in [0.29, 0.717) is 6.61 Å². The second kappa shape index (κ2) is 5.98. The molecule has 1 aliphatic carbocycles. The van der Waals surface area contributed by atoms with Crippen molar-refractivity contribution in [2.75, 3.05) is 24.7 Å². The number of hydrogen-bond acceptors (Lipinski definition) is 3. The van der Waals surface area contributed by atoms with Gasteiger partial charge < -0.3 is 14.4 Å². The molecule has 3 heterocycles. The van der Waals surface area contributed by atoms with E-state index < -0.39 is 5.41 Å². The maximum Gasteiger partial charge on any atom is 0.245 e. The van der Waals surface area contributed by atoms with E-state index in [0.717, 1.165) is 67.8 Å². The number of anilines is 1. The van der Waals surface area contributed by atoms with Crippen LogP contribution in [0.2, 0.25) is 0 Å². The van der Waals surface area contributed by atoms with E-state index in [1.54, 1.807) is 0 Å². The molecule has 136 valence electrons. The molecule has 0 bridgehead atoms. The number of carbonyl (C=O) groups is 1. The van der Waals surface area contributed by atoms with Crippen LogP contribution in [0.5, 0.6) is 0 Å². The molecule has 1 aromatic carbocycles. The summed E-state index contributed by atoms with van der Waals surface area (Å²) in [7, 11) is 0. The summed E-state index contributed by atoms with van der Waals surface area (Å²) in [5.74, 6) is 1.15. The first-order chi connectivity index (χ1) is 12.8. The van der Waals surface area contributed by atoms with E-state index in [1.165, 1.54) is 5.57 Å². The summed E-state index contributed by atoms with van der Waals surface area (Å²) in [5, 5.41) is 0. The number of allylic oxidation sites excluding steroid dienone is 1. The van der Waals surface area contributed by atoms with Gasteiger partial charge >= 0.3 is 0 Å². The highest BCUT2D eigenvalue weighted by Crippen LogP contribution is 2.54. The number of unbranched alkanes of at least 4 members (excludes halogenated alkanes) is 2. The van der Waals surface area contributed by atoms with Gasteiger partial charge in [-0.1, -0.05) is 44.0 Å². The highest BCUT2D eigenvalue weighted by atomic mass is 16.5. The van der Waals surface area contributed by atoms with Crippen LogP contribution in [0.15, 0.2) is 47.2 Å². The summed E-state index contributed by atoms with van der Waals surface area (Å²) in [6.45, 7) is 4.18. The highest BCUT2D eigenvalue weighted by molar-refractivity contribution is 6.11. The molecule has 26 heavy (non-hydrogen) atoms. The maximum absolute atomic E-state index is 13.7. The molecule has 4 aliphatic rings. The van der Waals surface area contributed by atoms with Gasteiger partial charge in [-0.05, 0) is 30.0 Å². The van der Waals surface area contributed by atoms with E-state index in [1.807, 2.05) is 17.0 Å². The zero-order chi connectivity index (χ0) is 17.7. The molecule has 1 fully saturated rings. The Morgan fingerprint density at radius 1 is 1.27 bits per heavy atom. The van der Waals surface area contributed by atoms with E-state index in [-0.39, 0.29) is 12.0 Å². The Kier molecular flexibility index (Phi) is 3.71. The molecule has 3 aliphatic heterocycles. The van der Waals surface area contributed by atoms with Gasteiger partial charge in [0.15, 0.2) is 0 Å². The zero-order valence-corrected chi connectivity index (χ0v) is 15.3. The second-order valence-corrected chi connectivity index (χ2v) is 7.74. The molecule has 2 atom stereocenters. The summed E-state index contributed by atoms with van der Waals surface area (Å²) >= 11 is 0. The third kappa shape index (κ3) is 2.08. The zero-order valence-electron chi connectivity index (χ0n) is 15.3. The van der Waals surface area contributed by atoms with Crippen LogP contribution in [-0.4, -0.2) is 31.8 Å². The molecule has 4 nitrogen and oxygen atoms in total. The van der Waals surface area contributed by atoms with Crippen molar-refractivity contribution in [3.8, 4) is 0 Å². The molecule has 4 heteroatoms. The third-order valence-electron chi connectivity index (χ3n) is 6.30. The molecule has 0 N–H and O–H groups in total. The van der Waals surface area contributed by atoms with Gasteiger partial charge in [0.1, 0.15) is 17.8 Å². The second-order valence-electron chi connectivity index (χ2n) is 7.74. The minimum atomic E-state index is -0.654. The summed E-state index contributed by atoms with van der Waals surface area (Å²) in [6.07, 6.45) is 7.44. The Balaban J connectivity index is 1.59. The topological polar surface area (TPSA) is 38.8 Å². The van der Waals surface area contributed by atoms with Crippen molar-refractivity contribution >= 4 is 11.6 Å². The van der Waals surface area contributed by atoms with Crippen molar-refractivity contribution in [3.05, 3.63) is 52.8 Å². The Bertz CT molecular complexity index is 824. The lowest BCUT2D eigenvalue weighted by molar-refractivity contribution is -0.122. The fourth-order valence-corrected chi connectivity index (χ4v) is 4.92. The van der Waals surface area contributed by atoms with Crippen molar-refractivity contribution < 1.29 is 14.3 Å². The van der Waals surface area contributed by atoms with Crippen LogP contribution in [0.3, 0.4) is 0 Å². The monoisotopic (exact) mass is 351 g/mol. The van der Waals surface area contributed by atoms with Crippen LogP contribution in [0.25, 0.3) is 0 Å². The largest absolute Gasteiger partial charge is 0.496 e. The van der Waals surface area contributed by atoms with Gasteiger partial charge in [0.2, 0.25) is 5.91 Å². The number of fused-ring (bicyclic) bond motifs is 4. The highest BCUT2D eigenvalue weighted by Gasteiger charge is 2.58. The van der Waals surface area contributed by atoms with Gasteiger partial charge in [-0.3, -0.25) is 4.79 Å². The average molecular weight is 351 g/mol. The van der Waals surface area contributed by atoms with Crippen molar-refractivity contribution in [2.24, 2.45) is 0 Å². The Morgan fingerprint density at radius 2 is 2.15 bits per heavy atom. The average Bonchev–Trinajstić information content (AvgIpc) is 3.33. The Morgan fingerprint density at radius 3 is 3.04 bits per heavy atom. The third-order valence-corrected chi connectivity index (χ3v) is 6.30. The maximum atomic E-state index is 13.7. The lowest BCUT2D eigenvalue weighted by Gasteiger charge is -2.26. The van der Waals surface area contributed by atoms with Crippen LogP contribution in [0.1, 0.15) is 44.6 Å². The molecule has 1 spiro atoms. The van der Waals surface area contributed by atoms with Gasteiger partial charge in [-0.25, -0.2) is 0 Å². The van der Waals surface area contributed by atoms with Crippen molar-refractivity contribution in [1.82, 2.24) is 0 Å². The molecule has 1 amide bonds. The van der Waals surface area contributed by atoms with Crippen LogP contribution >= 0.6 is 0 Å². The summed E-state index contributed by atoms with van der Waals surface area (Å²) in [6, 6.07) is 8.27. The number of rotatable bonds is 4. The minimum absolute atomic E-state index is 0.149. The SMILES string of the molecule is CCCCCN1C(=O)[C@]2(COC3=C2C=C2CCOC2C3)c2ccccc21. The predicted octanol–water partition coefficient (Wildman–Crippen LogP) is 3.86. The fourth-order valence-electron chi connectivity index (χ4n) is 4.92. The predicted molar refractivity (Wildman–Crippen MR) is 100 cm³/mol. The molecule has 1 aromatic rings. The molecule has 0 aromatic heterocycles. The number of ether oxygens (including phenoxy) is 2. The van der Waals surface area contributed by atoms with Crippen LogP contribution in [0, 0.1) is 0 Å². The van der Waals surface area contributed by atoms with Gasteiger partial charge in [0, 0.05) is 24.2 Å². The first-order valence-electron chi connectivity index (χ1n) is 9.85. The van der Waals surface area contributed by atoms with Gasteiger partial charge in [-0.15, -0.1) is 0 Å². The first kappa shape index (κ1) is 16.1. The molecular formula is C22H25NO3. The van der Waals surface area contributed by atoms with Crippen LogP contribution < -0.4 is 4.90 Å². The van der Waals surface area contributed by atoms with Crippen molar-refractivity contribution in [2.45, 2.75) is 50.5 Å². The van der Waals surface area contributed by atoms with Crippen molar-refractivity contribution in [3.63, 3.8) is 0 Å². The number of benzene rings is 1. The van der Waals surface area contributed by atoms with E-state index >= 15 is 0 Å². The fraction of sp³-hybridized carbons (Fsp3) is 0.500. The number of para-hydroxylation sites is 1. The van der Waals surface area contributed by atoms with E-state index in [4.69, 9.17) is 9.47 Å². The molecule has 5 rings (SSSR count). The van der Waals surface area contributed by atoms with Crippen LogP contribution in [0.4, 0.5) is 5.69 Å². The van der Waals surface area contributed by atoms with Gasteiger partial charge in [0.25, 0.3) is 0 Å². The first-order valence-corrected chi connectivity index (χ1v) is 9.85. The summed E-state index contributed by atoms with van der Waals surface area (Å²) in [4.78, 5) is 15.7. The lowest BCUT2D eigenvalue weighted by atomic mass is 9.73. The number of hydrogen-bond donors (Lipinski definition) is 0. The van der Waals surface area contributed by atoms with Gasteiger partial charge in [-0.2, -0.15) is 0 Å². The molecule has 1 unspecified atom stereocenters. The lowest BCUT2D eigenvalue weighted by Crippen LogP contribution is -2.43. The molecule has 1 saturated heterocycles. The van der Waals surface area contributed by atoms with Crippen molar-refractivity contribution in [1.29, 1.82) is 0 Å². The summed E-state index contributed by atoms with van der Waals surface area (Å²) in [5.41, 5.74) is 3.93. The summed E-state index contributed by atoms with van der Waals surface area (Å²) < 4.78 is 11.9. The van der Waals surface area contributed by atoms with Crippen LogP contribution in [-0.2, 0) is 19.7 Å². The van der Waals surface area contributed by atoms with E-state index in [9.17, 15) is 4.79 Å². The smallest absolute Gasteiger partial charge is 0.245 e. The van der Waals surface area contributed by atoms with Gasteiger partial charge in [0.05, 0.1) is 12.7 Å². The Hall–Kier alpha value is -2.07.